The van der Waals surface area contributed by atoms with E-state index in [2.05, 4.69) is 64.4 Å². The van der Waals surface area contributed by atoms with Gasteiger partial charge in [-0.05, 0) is 74.0 Å². The molecule has 4 atom stereocenters. The highest BCUT2D eigenvalue weighted by Gasteiger charge is 2.39. The van der Waals surface area contributed by atoms with Crippen molar-refractivity contribution in [3.8, 4) is 11.3 Å². The van der Waals surface area contributed by atoms with E-state index in [0.29, 0.717) is 17.9 Å². The molecule has 2 saturated heterocycles. The van der Waals surface area contributed by atoms with Gasteiger partial charge in [-0.15, -0.1) is 0 Å². The fourth-order valence-electron chi connectivity index (χ4n) is 5.43. The second-order valence-corrected chi connectivity index (χ2v) is 9.70. The fraction of sp³-hybridized carbons (Fsp3) is 0.462. The van der Waals surface area contributed by atoms with Crippen LogP contribution in [-0.2, 0) is 4.79 Å². The van der Waals surface area contributed by atoms with Crippen molar-refractivity contribution in [1.29, 1.82) is 0 Å². The van der Waals surface area contributed by atoms with Gasteiger partial charge < -0.3 is 15.2 Å². The maximum Gasteiger partial charge on any atom is 0.227 e. The number of rotatable bonds is 5. The molecule has 2 fully saturated rings. The molecule has 31 heavy (non-hydrogen) atoms. The molecule has 0 radical (unpaired) electrons. The number of piperidine rings is 1. The van der Waals surface area contributed by atoms with Crippen molar-refractivity contribution >= 4 is 16.8 Å². The van der Waals surface area contributed by atoms with Gasteiger partial charge in [-0.25, -0.2) is 0 Å². The lowest BCUT2D eigenvalue weighted by Gasteiger charge is -2.25. The molecule has 1 aromatic carbocycles. The minimum atomic E-state index is -0.167. The first kappa shape index (κ1) is 20.3. The van der Waals surface area contributed by atoms with Crippen LogP contribution >= 0.6 is 0 Å². The summed E-state index contributed by atoms with van der Waals surface area (Å²) in [5.74, 6) is 0.965. The molecule has 2 aromatic heterocycles. The molecule has 2 aliphatic rings. The van der Waals surface area contributed by atoms with Crippen LogP contribution in [0.25, 0.3) is 22.2 Å². The monoisotopic (exact) mass is 416 g/mol. The Morgan fingerprint density at radius 1 is 1.19 bits per heavy atom. The van der Waals surface area contributed by atoms with Gasteiger partial charge >= 0.3 is 0 Å². The predicted octanol–water partition coefficient (Wildman–Crippen LogP) is 4.59. The SMILES string of the molecule is Cc1cc(-c2[nH]c3ccc(C(C)C(=O)NC4CN5CCC4C5)cc3c2C(C)C)ccn1. The topological polar surface area (TPSA) is 61.0 Å². The first-order valence-corrected chi connectivity index (χ1v) is 11.5. The Hall–Kier alpha value is -2.66. The standard InChI is InChI=1S/C26H32N4O/c1-15(2)24-21-12-18(17(4)26(31)29-23-14-30-10-8-20(23)13-30)5-6-22(21)28-25(24)19-7-9-27-16(3)11-19/h5-7,9,11-12,15,17,20,23,28H,8,10,13-14H2,1-4H3,(H,29,31). The lowest BCUT2D eigenvalue weighted by Crippen LogP contribution is -2.44. The first-order chi connectivity index (χ1) is 14.9. The summed E-state index contributed by atoms with van der Waals surface area (Å²) in [6.45, 7) is 11.8. The molecule has 4 heterocycles. The van der Waals surface area contributed by atoms with E-state index in [-0.39, 0.29) is 11.8 Å². The summed E-state index contributed by atoms with van der Waals surface area (Å²) in [5, 5.41) is 4.55. The fourth-order valence-corrected chi connectivity index (χ4v) is 5.43. The number of fused-ring (bicyclic) bond motifs is 3. The number of carbonyl (C=O) groups is 1. The second-order valence-electron chi connectivity index (χ2n) is 9.70. The molecule has 0 saturated carbocycles. The van der Waals surface area contributed by atoms with E-state index in [1.807, 2.05) is 20.0 Å². The largest absolute Gasteiger partial charge is 0.354 e. The van der Waals surface area contributed by atoms with Gasteiger partial charge in [-0.3, -0.25) is 9.78 Å². The lowest BCUT2D eigenvalue weighted by molar-refractivity contribution is -0.123. The highest BCUT2D eigenvalue weighted by atomic mass is 16.1. The maximum absolute atomic E-state index is 13.1. The van der Waals surface area contributed by atoms with E-state index in [4.69, 9.17) is 0 Å². The van der Waals surface area contributed by atoms with Gasteiger partial charge in [0.1, 0.15) is 0 Å². The number of carbonyl (C=O) groups excluding carboxylic acids is 1. The number of benzene rings is 1. The quantitative estimate of drug-likeness (QED) is 0.640. The molecule has 5 nitrogen and oxygen atoms in total. The van der Waals surface area contributed by atoms with Crippen LogP contribution in [0.15, 0.2) is 36.5 Å². The van der Waals surface area contributed by atoms with Gasteiger partial charge in [0.05, 0.1) is 11.6 Å². The van der Waals surface area contributed by atoms with Crippen molar-refractivity contribution in [2.24, 2.45) is 5.92 Å². The van der Waals surface area contributed by atoms with Gasteiger partial charge in [-0.1, -0.05) is 19.9 Å². The number of aryl methyl sites for hydroxylation is 1. The third kappa shape index (κ3) is 3.65. The molecule has 2 aliphatic heterocycles. The molecular weight excluding hydrogens is 384 g/mol. The van der Waals surface area contributed by atoms with Gasteiger partial charge in [0.25, 0.3) is 0 Å². The summed E-state index contributed by atoms with van der Waals surface area (Å²) in [5.41, 5.74) is 6.81. The van der Waals surface area contributed by atoms with Crippen LogP contribution < -0.4 is 5.32 Å². The van der Waals surface area contributed by atoms with E-state index in [0.717, 1.165) is 41.1 Å². The molecule has 5 rings (SSSR count). The van der Waals surface area contributed by atoms with Crippen molar-refractivity contribution in [2.45, 2.75) is 52.0 Å². The molecule has 0 aliphatic carbocycles. The number of amides is 1. The molecule has 1 amide bonds. The number of nitrogens with one attached hydrogen (secondary N) is 2. The number of pyridine rings is 1. The summed E-state index contributed by atoms with van der Waals surface area (Å²) < 4.78 is 0. The van der Waals surface area contributed by atoms with Crippen LogP contribution in [0, 0.1) is 12.8 Å². The van der Waals surface area contributed by atoms with Crippen LogP contribution in [0.3, 0.4) is 0 Å². The molecule has 0 spiro atoms. The molecule has 3 aromatic rings. The Bertz CT molecular complexity index is 1130. The van der Waals surface area contributed by atoms with Crippen molar-refractivity contribution in [1.82, 2.24) is 20.2 Å². The highest BCUT2D eigenvalue weighted by Crippen LogP contribution is 2.37. The first-order valence-electron chi connectivity index (χ1n) is 11.5. The average Bonchev–Trinajstić information content (AvgIpc) is 3.46. The van der Waals surface area contributed by atoms with Crippen molar-refractivity contribution in [3.05, 3.63) is 53.3 Å². The Kier molecular flexibility index (Phi) is 5.09. The van der Waals surface area contributed by atoms with E-state index in [1.165, 1.54) is 23.9 Å². The van der Waals surface area contributed by atoms with Gasteiger partial charge in [0.2, 0.25) is 5.91 Å². The Balaban J connectivity index is 1.46. The summed E-state index contributed by atoms with van der Waals surface area (Å²) in [6.07, 6.45) is 3.08. The smallest absolute Gasteiger partial charge is 0.227 e. The zero-order valence-electron chi connectivity index (χ0n) is 18.9. The van der Waals surface area contributed by atoms with Crippen LogP contribution in [-0.4, -0.2) is 46.5 Å². The molecule has 162 valence electrons. The third-order valence-corrected chi connectivity index (χ3v) is 7.18. The summed E-state index contributed by atoms with van der Waals surface area (Å²) in [6, 6.07) is 10.9. The van der Waals surface area contributed by atoms with Crippen LogP contribution in [0.2, 0.25) is 0 Å². The summed E-state index contributed by atoms with van der Waals surface area (Å²) in [7, 11) is 0. The van der Waals surface area contributed by atoms with Crippen molar-refractivity contribution < 1.29 is 4.79 Å². The molecular formula is C26H32N4O. The van der Waals surface area contributed by atoms with Crippen molar-refractivity contribution in [3.63, 3.8) is 0 Å². The summed E-state index contributed by atoms with van der Waals surface area (Å²) >= 11 is 0. The number of hydrogen-bond acceptors (Lipinski definition) is 3. The summed E-state index contributed by atoms with van der Waals surface area (Å²) in [4.78, 5) is 23.5. The number of H-pyrrole nitrogens is 1. The number of nitrogens with zero attached hydrogens (tertiary/aromatic N) is 2. The number of aromatic amines is 1. The average molecular weight is 417 g/mol. The molecule has 2 bridgehead atoms. The van der Waals surface area contributed by atoms with Gasteiger partial charge in [-0.2, -0.15) is 0 Å². The van der Waals surface area contributed by atoms with E-state index >= 15 is 0 Å². The molecule has 4 unspecified atom stereocenters. The molecule has 2 N–H and O–H groups in total. The van der Waals surface area contributed by atoms with Gasteiger partial charge in [0.15, 0.2) is 0 Å². The second kappa shape index (κ2) is 7.79. The van der Waals surface area contributed by atoms with Crippen molar-refractivity contribution in [2.75, 3.05) is 19.6 Å². The third-order valence-electron chi connectivity index (χ3n) is 7.18. The van der Waals surface area contributed by atoms with Crippen LogP contribution in [0.1, 0.15) is 55.8 Å². The maximum atomic E-state index is 13.1. The highest BCUT2D eigenvalue weighted by molar-refractivity contribution is 5.93. The van der Waals surface area contributed by atoms with E-state index in [1.54, 1.807) is 0 Å². The predicted molar refractivity (Wildman–Crippen MR) is 125 cm³/mol. The Labute approximate surface area is 184 Å². The molecule has 5 heteroatoms. The Morgan fingerprint density at radius 3 is 2.71 bits per heavy atom. The van der Waals surface area contributed by atoms with E-state index < -0.39 is 0 Å². The number of aromatic nitrogens is 2. The van der Waals surface area contributed by atoms with Crippen LogP contribution in [0.5, 0.6) is 0 Å². The zero-order chi connectivity index (χ0) is 21.7. The minimum absolute atomic E-state index is 0.143. The normalized spacial score (nSPS) is 23.6. The minimum Gasteiger partial charge on any atom is -0.354 e. The number of hydrogen-bond donors (Lipinski definition) is 2. The lowest BCUT2D eigenvalue weighted by atomic mass is 9.92. The van der Waals surface area contributed by atoms with Crippen LogP contribution in [0.4, 0.5) is 0 Å². The van der Waals surface area contributed by atoms with Gasteiger partial charge in [0, 0.05) is 47.5 Å². The Morgan fingerprint density at radius 2 is 2.03 bits per heavy atom. The van der Waals surface area contributed by atoms with E-state index in [9.17, 15) is 4.79 Å². The zero-order valence-corrected chi connectivity index (χ0v) is 18.9.